The predicted octanol–water partition coefficient (Wildman–Crippen LogP) is 1.77. The summed E-state index contributed by atoms with van der Waals surface area (Å²) in [4.78, 5) is 36.7. The van der Waals surface area contributed by atoms with Crippen molar-refractivity contribution in [1.29, 1.82) is 0 Å². The molecule has 1 aromatic rings. The van der Waals surface area contributed by atoms with Gasteiger partial charge in [0.25, 0.3) is 11.8 Å². The Bertz CT molecular complexity index is 866. The Kier molecular flexibility index (Phi) is 4.41. The molecule has 8 heteroatoms. The third kappa shape index (κ3) is 2.76. The minimum Gasteiger partial charge on any atom is -0.493 e. The summed E-state index contributed by atoms with van der Waals surface area (Å²) in [5.41, 5.74) is 0.531. The molecule has 1 saturated heterocycles. The smallest absolute Gasteiger partial charge is 0.308 e. The molecule has 2 aliphatic carbocycles. The number of esters is 1. The van der Waals surface area contributed by atoms with Crippen molar-refractivity contribution in [3.8, 4) is 17.2 Å². The van der Waals surface area contributed by atoms with Gasteiger partial charge in [-0.15, -0.1) is 0 Å². The summed E-state index contributed by atoms with van der Waals surface area (Å²) in [6.45, 7) is 1.28. The number of hydrazone groups is 1. The highest BCUT2D eigenvalue weighted by Crippen LogP contribution is 2.52. The van der Waals surface area contributed by atoms with E-state index < -0.39 is 5.97 Å². The Morgan fingerprint density at radius 3 is 2.07 bits per heavy atom. The van der Waals surface area contributed by atoms with Crippen molar-refractivity contribution in [2.75, 3.05) is 14.2 Å². The van der Waals surface area contributed by atoms with Gasteiger partial charge in [-0.25, -0.2) is 0 Å². The number of ether oxygens (including phenoxy) is 3. The Balaban J connectivity index is 1.61. The first kappa shape index (κ1) is 18.2. The molecule has 2 bridgehead atoms. The number of hydrogen-bond donors (Lipinski definition) is 0. The molecule has 1 heterocycles. The Morgan fingerprint density at radius 1 is 1.07 bits per heavy atom. The van der Waals surface area contributed by atoms with E-state index in [1.165, 1.54) is 27.4 Å². The third-order valence-electron chi connectivity index (χ3n) is 5.50. The van der Waals surface area contributed by atoms with Gasteiger partial charge in [0, 0.05) is 12.5 Å². The van der Waals surface area contributed by atoms with E-state index in [4.69, 9.17) is 14.2 Å². The lowest BCUT2D eigenvalue weighted by atomic mass is 9.85. The maximum Gasteiger partial charge on any atom is 0.308 e. The Labute approximate surface area is 161 Å². The van der Waals surface area contributed by atoms with E-state index in [1.54, 1.807) is 12.1 Å². The molecule has 0 N–H and O–H groups in total. The lowest BCUT2D eigenvalue weighted by Gasteiger charge is -2.14. The SMILES string of the molecule is COc1cc(C=NN2C(=O)C3C4C=CC(C4)C3C2=O)cc(OC)c1OC(C)=O. The first-order valence-electron chi connectivity index (χ1n) is 8.99. The zero-order valence-electron chi connectivity index (χ0n) is 15.7. The van der Waals surface area contributed by atoms with Crippen LogP contribution in [0.4, 0.5) is 0 Å². The van der Waals surface area contributed by atoms with Crippen LogP contribution in [0.2, 0.25) is 0 Å². The van der Waals surface area contributed by atoms with Crippen molar-refractivity contribution in [3.63, 3.8) is 0 Å². The minimum atomic E-state index is -0.513. The van der Waals surface area contributed by atoms with E-state index in [0.717, 1.165) is 11.4 Å². The number of nitrogens with zero attached hydrogens (tertiary/aromatic N) is 2. The summed E-state index contributed by atoms with van der Waals surface area (Å²) in [6, 6.07) is 3.17. The summed E-state index contributed by atoms with van der Waals surface area (Å²) < 4.78 is 15.7. The van der Waals surface area contributed by atoms with Gasteiger partial charge in [-0.3, -0.25) is 14.4 Å². The van der Waals surface area contributed by atoms with Gasteiger partial charge in [-0.05, 0) is 30.4 Å². The van der Waals surface area contributed by atoms with Gasteiger partial charge in [-0.1, -0.05) is 12.2 Å². The number of benzene rings is 1. The van der Waals surface area contributed by atoms with Crippen molar-refractivity contribution in [2.45, 2.75) is 13.3 Å². The normalized spacial score (nSPS) is 27.6. The summed E-state index contributed by atoms with van der Waals surface area (Å²) in [7, 11) is 2.86. The quantitative estimate of drug-likeness (QED) is 0.252. The summed E-state index contributed by atoms with van der Waals surface area (Å²) in [5, 5.41) is 5.11. The lowest BCUT2D eigenvalue weighted by Crippen LogP contribution is -2.28. The van der Waals surface area contributed by atoms with Crippen molar-refractivity contribution < 1.29 is 28.6 Å². The van der Waals surface area contributed by atoms with Crippen LogP contribution >= 0.6 is 0 Å². The van der Waals surface area contributed by atoms with Gasteiger partial charge in [0.2, 0.25) is 5.75 Å². The van der Waals surface area contributed by atoms with E-state index in [2.05, 4.69) is 5.10 Å². The molecule has 0 radical (unpaired) electrons. The number of carbonyl (C=O) groups is 3. The third-order valence-corrected chi connectivity index (χ3v) is 5.50. The summed E-state index contributed by atoms with van der Waals surface area (Å²) >= 11 is 0. The number of imide groups is 1. The van der Waals surface area contributed by atoms with Crippen molar-refractivity contribution in [1.82, 2.24) is 5.01 Å². The number of rotatable bonds is 5. The molecule has 0 aromatic heterocycles. The van der Waals surface area contributed by atoms with E-state index >= 15 is 0 Å². The van der Waals surface area contributed by atoms with Crippen LogP contribution in [0.5, 0.6) is 17.2 Å². The second kappa shape index (κ2) is 6.78. The molecular formula is C20H20N2O6. The van der Waals surface area contributed by atoms with Crippen molar-refractivity contribution in [2.24, 2.45) is 28.8 Å². The maximum atomic E-state index is 12.7. The number of hydrogen-bond acceptors (Lipinski definition) is 7. The maximum absolute atomic E-state index is 12.7. The highest BCUT2D eigenvalue weighted by atomic mass is 16.6. The highest BCUT2D eigenvalue weighted by Gasteiger charge is 2.59. The highest BCUT2D eigenvalue weighted by molar-refractivity contribution is 6.06. The monoisotopic (exact) mass is 384 g/mol. The van der Waals surface area contributed by atoms with Crippen LogP contribution in [-0.2, 0) is 14.4 Å². The molecule has 4 rings (SSSR count). The largest absolute Gasteiger partial charge is 0.493 e. The van der Waals surface area contributed by atoms with Crippen LogP contribution in [-0.4, -0.2) is 43.2 Å². The van der Waals surface area contributed by atoms with Crippen LogP contribution in [0.15, 0.2) is 29.4 Å². The molecule has 1 aliphatic heterocycles. The van der Waals surface area contributed by atoms with Gasteiger partial charge < -0.3 is 14.2 Å². The lowest BCUT2D eigenvalue weighted by molar-refractivity contribution is -0.140. The molecule has 4 unspecified atom stereocenters. The van der Waals surface area contributed by atoms with Gasteiger partial charge in [0.15, 0.2) is 11.5 Å². The van der Waals surface area contributed by atoms with Crippen LogP contribution in [0.1, 0.15) is 18.9 Å². The molecule has 3 aliphatic rings. The molecular weight excluding hydrogens is 364 g/mol. The van der Waals surface area contributed by atoms with Crippen LogP contribution in [0, 0.1) is 23.7 Å². The number of allylic oxidation sites excluding steroid dienone is 2. The van der Waals surface area contributed by atoms with Crippen molar-refractivity contribution in [3.05, 3.63) is 29.8 Å². The number of methoxy groups -OCH3 is 2. The molecule has 1 saturated carbocycles. The first-order valence-corrected chi connectivity index (χ1v) is 8.99. The van der Waals surface area contributed by atoms with Gasteiger partial charge >= 0.3 is 5.97 Å². The average molecular weight is 384 g/mol. The van der Waals surface area contributed by atoms with E-state index in [1.807, 2.05) is 12.2 Å². The van der Waals surface area contributed by atoms with Gasteiger partial charge in [-0.2, -0.15) is 10.1 Å². The second-order valence-corrected chi connectivity index (χ2v) is 7.08. The molecule has 2 fully saturated rings. The molecule has 146 valence electrons. The molecule has 1 aromatic carbocycles. The fourth-order valence-electron chi connectivity index (χ4n) is 4.34. The molecule has 2 amide bonds. The van der Waals surface area contributed by atoms with Gasteiger partial charge in [0.1, 0.15) is 0 Å². The summed E-state index contributed by atoms with van der Waals surface area (Å²) in [5.74, 6) is -0.642. The zero-order chi connectivity index (χ0) is 20.0. The molecule has 0 spiro atoms. The Morgan fingerprint density at radius 2 is 1.61 bits per heavy atom. The fraction of sp³-hybridized carbons (Fsp3) is 0.400. The number of fused-ring (bicyclic) bond motifs is 5. The topological polar surface area (TPSA) is 94.5 Å². The van der Waals surface area contributed by atoms with Crippen molar-refractivity contribution >= 4 is 24.0 Å². The molecule has 4 atom stereocenters. The van der Waals surface area contributed by atoms with Crippen LogP contribution in [0.3, 0.4) is 0 Å². The number of carbonyl (C=O) groups excluding carboxylic acids is 3. The minimum absolute atomic E-state index is 0.134. The van der Waals surface area contributed by atoms with Gasteiger partial charge in [0.05, 0.1) is 32.3 Å². The van der Waals surface area contributed by atoms with E-state index in [0.29, 0.717) is 5.56 Å². The van der Waals surface area contributed by atoms with E-state index in [9.17, 15) is 14.4 Å². The summed E-state index contributed by atoms with van der Waals surface area (Å²) in [6.07, 6.45) is 6.34. The Hall–Kier alpha value is -3.16. The molecule has 28 heavy (non-hydrogen) atoms. The number of amides is 2. The fourth-order valence-corrected chi connectivity index (χ4v) is 4.34. The first-order chi connectivity index (χ1) is 13.4. The van der Waals surface area contributed by atoms with E-state index in [-0.39, 0.29) is 52.7 Å². The predicted molar refractivity (Wildman–Crippen MR) is 98.0 cm³/mol. The molecule has 8 nitrogen and oxygen atoms in total. The standard InChI is InChI=1S/C20H20N2O6/c1-10(23)28-18-14(26-2)6-11(7-15(18)27-3)9-21-22-19(24)16-12-4-5-13(8-12)17(16)20(22)25/h4-7,9,12-13,16-17H,8H2,1-3H3. The second-order valence-electron chi connectivity index (χ2n) is 7.08. The average Bonchev–Trinajstić information content (AvgIpc) is 3.35. The van der Waals surface area contributed by atoms with Crippen LogP contribution < -0.4 is 14.2 Å². The van der Waals surface area contributed by atoms with Crippen LogP contribution in [0.25, 0.3) is 0 Å². The zero-order valence-corrected chi connectivity index (χ0v) is 15.7.